The standard InChI is InChI=1S/C21H21NO4/c1-25-21(24)19(22-20(23)17-11-6-12-26-17)18-15-9-4-2-7-13(15)14-8-3-5-10-16(14)18/h2-5,7-10,17-19H,6,11-12H2,1H3,(H,22,23)/t17-,19+/m0/s1. The van der Waals surface area contributed by atoms with E-state index in [0.717, 1.165) is 28.7 Å². The van der Waals surface area contributed by atoms with E-state index in [1.54, 1.807) is 0 Å². The number of nitrogens with one attached hydrogen (secondary N) is 1. The second-order valence-corrected chi connectivity index (χ2v) is 6.66. The Labute approximate surface area is 152 Å². The van der Waals surface area contributed by atoms with Crippen LogP contribution in [0.5, 0.6) is 0 Å². The van der Waals surface area contributed by atoms with Crippen LogP contribution in [0.3, 0.4) is 0 Å². The maximum absolute atomic E-state index is 12.6. The minimum atomic E-state index is -0.790. The number of hydrogen-bond donors (Lipinski definition) is 1. The molecule has 0 spiro atoms. The molecule has 2 aromatic rings. The van der Waals surface area contributed by atoms with E-state index in [0.29, 0.717) is 13.0 Å². The van der Waals surface area contributed by atoms with Gasteiger partial charge >= 0.3 is 5.97 Å². The van der Waals surface area contributed by atoms with Crippen LogP contribution in [-0.2, 0) is 19.1 Å². The number of fused-ring (bicyclic) bond motifs is 3. The van der Waals surface area contributed by atoms with E-state index in [-0.39, 0.29) is 11.8 Å². The quantitative estimate of drug-likeness (QED) is 0.860. The van der Waals surface area contributed by atoms with Crippen molar-refractivity contribution in [1.82, 2.24) is 5.32 Å². The van der Waals surface area contributed by atoms with Crippen molar-refractivity contribution in [3.8, 4) is 11.1 Å². The number of hydrogen-bond acceptors (Lipinski definition) is 4. The van der Waals surface area contributed by atoms with Gasteiger partial charge in [-0.2, -0.15) is 0 Å². The summed E-state index contributed by atoms with van der Waals surface area (Å²) in [5, 5.41) is 2.89. The molecule has 1 saturated heterocycles. The number of rotatable bonds is 4. The molecule has 1 aliphatic heterocycles. The molecule has 0 bridgehead atoms. The van der Waals surface area contributed by atoms with E-state index in [2.05, 4.69) is 5.32 Å². The number of amides is 1. The largest absolute Gasteiger partial charge is 0.467 e. The summed E-state index contributed by atoms with van der Waals surface area (Å²) in [4.78, 5) is 25.2. The average molecular weight is 351 g/mol. The number of benzene rings is 2. The third kappa shape index (κ3) is 2.78. The molecular weight excluding hydrogens is 330 g/mol. The fourth-order valence-corrected chi connectivity index (χ4v) is 3.99. The summed E-state index contributed by atoms with van der Waals surface area (Å²) in [6.45, 7) is 0.579. The second-order valence-electron chi connectivity index (χ2n) is 6.66. The number of carbonyl (C=O) groups is 2. The zero-order valence-electron chi connectivity index (χ0n) is 14.6. The number of carbonyl (C=O) groups excluding carboxylic acids is 2. The molecule has 1 aliphatic carbocycles. The van der Waals surface area contributed by atoms with Crippen molar-refractivity contribution in [2.75, 3.05) is 13.7 Å². The summed E-state index contributed by atoms with van der Waals surface area (Å²) >= 11 is 0. The summed E-state index contributed by atoms with van der Waals surface area (Å²) < 4.78 is 10.5. The van der Waals surface area contributed by atoms with Gasteiger partial charge in [0.05, 0.1) is 7.11 Å². The highest BCUT2D eigenvalue weighted by molar-refractivity contribution is 5.90. The molecule has 134 valence electrons. The maximum atomic E-state index is 12.6. The van der Waals surface area contributed by atoms with Crippen molar-refractivity contribution in [1.29, 1.82) is 0 Å². The predicted molar refractivity (Wildman–Crippen MR) is 96.6 cm³/mol. The van der Waals surface area contributed by atoms with Crippen LogP contribution in [-0.4, -0.2) is 37.7 Å². The Morgan fingerprint density at radius 1 is 1.08 bits per heavy atom. The first kappa shape index (κ1) is 16.8. The zero-order chi connectivity index (χ0) is 18.1. The van der Waals surface area contributed by atoms with E-state index in [9.17, 15) is 9.59 Å². The summed E-state index contributed by atoms with van der Waals surface area (Å²) in [6, 6.07) is 15.2. The average Bonchev–Trinajstić information content (AvgIpc) is 3.32. The fourth-order valence-electron chi connectivity index (χ4n) is 3.99. The zero-order valence-corrected chi connectivity index (χ0v) is 14.6. The van der Waals surface area contributed by atoms with Gasteiger partial charge in [0.15, 0.2) is 0 Å². The third-order valence-corrected chi connectivity index (χ3v) is 5.19. The van der Waals surface area contributed by atoms with Crippen LogP contribution in [0.25, 0.3) is 11.1 Å². The first-order valence-corrected chi connectivity index (χ1v) is 8.88. The van der Waals surface area contributed by atoms with Gasteiger partial charge in [0.2, 0.25) is 5.91 Å². The molecule has 2 aliphatic rings. The van der Waals surface area contributed by atoms with E-state index in [1.807, 2.05) is 48.5 Å². The molecule has 26 heavy (non-hydrogen) atoms. The molecule has 0 radical (unpaired) electrons. The third-order valence-electron chi connectivity index (χ3n) is 5.19. The van der Waals surface area contributed by atoms with E-state index in [4.69, 9.17) is 9.47 Å². The van der Waals surface area contributed by atoms with Crippen molar-refractivity contribution in [2.24, 2.45) is 0 Å². The Balaban J connectivity index is 1.73. The van der Waals surface area contributed by atoms with E-state index < -0.39 is 18.1 Å². The molecule has 2 atom stereocenters. The van der Waals surface area contributed by atoms with Crippen LogP contribution >= 0.6 is 0 Å². The highest BCUT2D eigenvalue weighted by Gasteiger charge is 2.40. The van der Waals surface area contributed by atoms with Crippen LogP contribution < -0.4 is 5.32 Å². The number of methoxy groups -OCH3 is 1. The fraction of sp³-hybridized carbons (Fsp3) is 0.333. The van der Waals surface area contributed by atoms with Crippen LogP contribution in [0.15, 0.2) is 48.5 Å². The van der Waals surface area contributed by atoms with Gasteiger partial charge in [-0.15, -0.1) is 0 Å². The molecule has 1 amide bonds. The maximum Gasteiger partial charge on any atom is 0.329 e. The first-order valence-electron chi connectivity index (χ1n) is 8.88. The molecule has 5 heteroatoms. The molecule has 1 heterocycles. The minimum absolute atomic E-state index is 0.250. The Hall–Kier alpha value is -2.66. The van der Waals surface area contributed by atoms with Gasteiger partial charge < -0.3 is 14.8 Å². The Morgan fingerprint density at radius 2 is 1.69 bits per heavy atom. The molecule has 1 N–H and O–H groups in total. The first-order chi connectivity index (χ1) is 12.7. The van der Waals surface area contributed by atoms with Crippen LogP contribution in [0, 0.1) is 0 Å². The molecule has 4 rings (SSSR count). The number of esters is 1. The van der Waals surface area contributed by atoms with E-state index >= 15 is 0 Å². The lowest BCUT2D eigenvalue weighted by Gasteiger charge is -2.25. The summed E-state index contributed by atoms with van der Waals surface area (Å²) in [6.07, 6.45) is 1.04. The number of ether oxygens (including phenoxy) is 2. The lowest BCUT2D eigenvalue weighted by molar-refractivity contribution is -0.146. The van der Waals surface area contributed by atoms with Gasteiger partial charge in [-0.05, 0) is 35.1 Å². The van der Waals surface area contributed by atoms with Gasteiger partial charge in [-0.3, -0.25) is 4.79 Å². The lowest BCUT2D eigenvalue weighted by atomic mass is 9.89. The molecule has 2 aromatic carbocycles. The minimum Gasteiger partial charge on any atom is -0.467 e. The summed E-state index contributed by atoms with van der Waals surface area (Å²) in [7, 11) is 1.35. The topological polar surface area (TPSA) is 64.6 Å². The smallest absolute Gasteiger partial charge is 0.329 e. The van der Waals surface area contributed by atoms with Gasteiger partial charge in [-0.1, -0.05) is 48.5 Å². The van der Waals surface area contributed by atoms with Gasteiger partial charge in [0, 0.05) is 12.5 Å². The summed E-state index contributed by atoms with van der Waals surface area (Å²) in [5.41, 5.74) is 4.23. The molecule has 5 nitrogen and oxygen atoms in total. The van der Waals surface area contributed by atoms with Crippen molar-refractivity contribution in [3.05, 3.63) is 59.7 Å². The van der Waals surface area contributed by atoms with Gasteiger partial charge in [0.1, 0.15) is 12.1 Å². The molecule has 0 unspecified atom stereocenters. The second kappa shape index (κ2) is 6.92. The highest BCUT2D eigenvalue weighted by Crippen LogP contribution is 2.46. The molecule has 0 saturated carbocycles. The lowest BCUT2D eigenvalue weighted by Crippen LogP contribution is -2.48. The van der Waals surface area contributed by atoms with Crippen LogP contribution in [0.2, 0.25) is 0 Å². The normalized spacial score (nSPS) is 19.5. The molecular formula is C21H21NO4. The van der Waals surface area contributed by atoms with Crippen LogP contribution in [0.4, 0.5) is 0 Å². The Bertz CT molecular complexity index is 796. The summed E-state index contributed by atoms with van der Waals surface area (Å²) in [5.74, 6) is -0.979. The van der Waals surface area contributed by atoms with Gasteiger partial charge in [-0.25, -0.2) is 4.79 Å². The van der Waals surface area contributed by atoms with Crippen molar-refractivity contribution in [2.45, 2.75) is 30.9 Å². The monoisotopic (exact) mass is 351 g/mol. The van der Waals surface area contributed by atoms with Crippen molar-refractivity contribution >= 4 is 11.9 Å². The Morgan fingerprint density at radius 3 is 2.23 bits per heavy atom. The van der Waals surface area contributed by atoms with E-state index in [1.165, 1.54) is 7.11 Å². The SMILES string of the molecule is COC(=O)[C@H](NC(=O)[C@@H]1CCCO1)C1c2ccccc2-c2ccccc21. The van der Waals surface area contributed by atoms with Crippen molar-refractivity contribution < 1.29 is 19.1 Å². The highest BCUT2D eigenvalue weighted by atomic mass is 16.5. The predicted octanol–water partition coefficient (Wildman–Crippen LogP) is 2.64. The molecule has 0 aromatic heterocycles. The van der Waals surface area contributed by atoms with Crippen molar-refractivity contribution in [3.63, 3.8) is 0 Å². The Kier molecular flexibility index (Phi) is 4.47. The molecule has 1 fully saturated rings. The van der Waals surface area contributed by atoms with Gasteiger partial charge in [0.25, 0.3) is 0 Å². The van der Waals surface area contributed by atoms with Crippen LogP contribution in [0.1, 0.15) is 29.9 Å².